The van der Waals surface area contributed by atoms with E-state index in [1.165, 1.54) is 6.07 Å². The van der Waals surface area contributed by atoms with Gasteiger partial charge in [-0.05, 0) is 36.2 Å². The summed E-state index contributed by atoms with van der Waals surface area (Å²) in [5, 5.41) is 0. The second kappa shape index (κ2) is 6.48. The fourth-order valence-electron chi connectivity index (χ4n) is 2.05. The number of pyridine rings is 1. The number of nitrogens with zero attached hydrogens (tertiary/aromatic N) is 2. The zero-order valence-corrected chi connectivity index (χ0v) is 11.9. The Morgan fingerprint density at radius 3 is 2.70 bits per heavy atom. The maximum atomic E-state index is 13.2. The van der Waals surface area contributed by atoms with Crippen LogP contribution in [0.4, 0.5) is 10.1 Å². The maximum absolute atomic E-state index is 13.2. The normalized spacial score (nSPS) is 12.2. The van der Waals surface area contributed by atoms with Crippen molar-refractivity contribution < 1.29 is 4.39 Å². The lowest BCUT2D eigenvalue weighted by atomic mass is 10.1. The highest BCUT2D eigenvalue weighted by molar-refractivity contribution is 5.44. The molecule has 0 amide bonds. The zero-order chi connectivity index (χ0) is 14.5. The first-order valence-electron chi connectivity index (χ1n) is 6.77. The van der Waals surface area contributed by atoms with Gasteiger partial charge in [0.05, 0.1) is 17.6 Å². The van der Waals surface area contributed by atoms with Gasteiger partial charge >= 0.3 is 0 Å². The van der Waals surface area contributed by atoms with Crippen molar-refractivity contribution in [3.05, 3.63) is 59.7 Å². The molecule has 1 aromatic carbocycles. The summed E-state index contributed by atoms with van der Waals surface area (Å²) >= 11 is 0. The highest BCUT2D eigenvalue weighted by Crippen LogP contribution is 2.18. The Hall–Kier alpha value is -1.94. The SMILES string of the molecule is CCC(N)c1ccc(N(C)Cc2cccc(F)c2)cn1. The minimum Gasteiger partial charge on any atom is -0.369 e. The summed E-state index contributed by atoms with van der Waals surface area (Å²) in [7, 11) is 1.96. The first-order valence-corrected chi connectivity index (χ1v) is 6.77. The molecule has 2 aromatic rings. The van der Waals surface area contributed by atoms with Crippen LogP contribution in [0.2, 0.25) is 0 Å². The largest absolute Gasteiger partial charge is 0.369 e. The molecule has 4 heteroatoms. The molecule has 2 N–H and O–H groups in total. The van der Waals surface area contributed by atoms with Gasteiger partial charge in [0.2, 0.25) is 0 Å². The molecule has 1 aromatic heterocycles. The number of halogens is 1. The van der Waals surface area contributed by atoms with Gasteiger partial charge in [-0.3, -0.25) is 4.98 Å². The summed E-state index contributed by atoms with van der Waals surface area (Å²) in [4.78, 5) is 6.42. The lowest BCUT2D eigenvalue weighted by Crippen LogP contribution is -2.17. The molecule has 0 spiro atoms. The quantitative estimate of drug-likeness (QED) is 0.909. The third-order valence-electron chi connectivity index (χ3n) is 3.34. The van der Waals surface area contributed by atoms with Crippen LogP contribution in [0, 0.1) is 5.82 Å². The second-order valence-electron chi connectivity index (χ2n) is 4.94. The molecule has 1 heterocycles. The van der Waals surface area contributed by atoms with Crippen molar-refractivity contribution in [2.75, 3.05) is 11.9 Å². The van der Waals surface area contributed by atoms with Gasteiger partial charge in [0.1, 0.15) is 5.82 Å². The number of hydrogen-bond acceptors (Lipinski definition) is 3. The smallest absolute Gasteiger partial charge is 0.123 e. The van der Waals surface area contributed by atoms with Gasteiger partial charge in [0.25, 0.3) is 0 Å². The van der Waals surface area contributed by atoms with E-state index >= 15 is 0 Å². The Bertz CT molecular complexity index is 554. The standard InChI is InChI=1S/C16H20FN3/c1-3-15(18)16-8-7-14(10-19-16)20(2)11-12-5-4-6-13(17)9-12/h4-10,15H,3,11,18H2,1-2H3. The molecule has 106 valence electrons. The van der Waals surface area contributed by atoms with E-state index in [2.05, 4.69) is 4.98 Å². The Balaban J connectivity index is 2.07. The molecule has 0 aliphatic carbocycles. The Morgan fingerprint density at radius 2 is 2.10 bits per heavy atom. The van der Waals surface area contributed by atoms with Crippen LogP contribution >= 0.6 is 0 Å². The lowest BCUT2D eigenvalue weighted by molar-refractivity contribution is 0.625. The van der Waals surface area contributed by atoms with Gasteiger partial charge < -0.3 is 10.6 Å². The molecule has 0 saturated carbocycles. The number of aromatic nitrogens is 1. The molecule has 0 aliphatic rings. The Labute approximate surface area is 119 Å². The van der Waals surface area contributed by atoms with Crippen molar-refractivity contribution in [2.24, 2.45) is 5.73 Å². The Kier molecular flexibility index (Phi) is 4.69. The molecular formula is C16H20FN3. The van der Waals surface area contributed by atoms with Crippen molar-refractivity contribution in [1.82, 2.24) is 4.98 Å². The third kappa shape index (κ3) is 3.54. The van der Waals surface area contributed by atoms with Crippen molar-refractivity contribution in [2.45, 2.75) is 25.9 Å². The minimum absolute atomic E-state index is 0.0161. The van der Waals surface area contributed by atoms with Crippen LogP contribution in [0.5, 0.6) is 0 Å². The molecule has 1 unspecified atom stereocenters. The number of benzene rings is 1. The summed E-state index contributed by atoms with van der Waals surface area (Å²) in [6.07, 6.45) is 2.68. The molecule has 3 nitrogen and oxygen atoms in total. The number of anilines is 1. The summed E-state index contributed by atoms with van der Waals surface area (Å²) in [6, 6.07) is 10.6. The Morgan fingerprint density at radius 1 is 1.30 bits per heavy atom. The summed E-state index contributed by atoms with van der Waals surface area (Å²) in [5.41, 5.74) is 8.76. The zero-order valence-electron chi connectivity index (χ0n) is 11.9. The van der Waals surface area contributed by atoms with Crippen molar-refractivity contribution in [3.63, 3.8) is 0 Å². The van der Waals surface area contributed by atoms with Gasteiger partial charge in [-0.1, -0.05) is 19.1 Å². The van der Waals surface area contributed by atoms with Crippen molar-refractivity contribution in [1.29, 1.82) is 0 Å². The molecule has 2 rings (SSSR count). The average Bonchev–Trinajstić information content (AvgIpc) is 2.46. The fourth-order valence-corrected chi connectivity index (χ4v) is 2.05. The van der Waals surface area contributed by atoms with Crippen LogP contribution in [0.25, 0.3) is 0 Å². The van der Waals surface area contributed by atoms with E-state index < -0.39 is 0 Å². The van der Waals surface area contributed by atoms with E-state index in [9.17, 15) is 4.39 Å². The fraction of sp³-hybridized carbons (Fsp3) is 0.312. The van der Waals surface area contributed by atoms with Crippen molar-refractivity contribution >= 4 is 5.69 Å². The maximum Gasteiger partial charge on any atom is 0.123 e. The molecule has 0 saturated heterocycles. The highest BCUT2D eigenvalue weighted by atomic mass is 19.1. The van der Waals surface area contributed by atoms with Crippen LogP contribution in [-0.2, 0) is 6.54 Å². The van der Waals surface area contributed by atoms with Crippen LogP contribution in [0.15, 0.2) is 42.6 Å². The van der Waals surface area contributed by atoms with Gasteiger partial charge in [0.15, 0.2) is 0 Å². The van der Waals surface area contributed by atoms with Crippen LogP contribution in [0.3, 0.4) is 0 Å². The van der Waals surface area contributed by atoms with E-state index in [0.717, 1.165) is 23.4 Å². The predicted molar refractivity (Wildman–Crippen MR) is 80.0 cm³/mol. The number of hydrogen-bond donors (Lipinski definition) is 1. The highest BCUT2D eigenvalue weighted by Gasteiger charge is 2.07. The van der Waals surface area contributed by atoms with Gasteiger partial charge in [-0.2, -0.15) is 0 Å². The first kappa shape index (κ1) is 14.5. The average molecular weight is 273 g/mol. The van der Waals surface area contributed by atoms with Crippen LogP contribution in [-0.4, -0.2) is 12.0 Å². The van der Waals surface area contributed by atoms with E-state index in [1.54, 1.807) is 12.1 Å². The van der Waals surface area contributed by atoms with Gasteiger partial charge in [-0.15, -0.1) is 0 Å². The lowest BCUT2D eigenvalue weighted by Gasteiger charge is -2.20. The first-order chi connectivity index (χ1) is 9.60. The van der Waals surface area contributed by atoms with Gasteiger partial charge in [-0.25, -0.2) is 4.39 Å². The summed E-state index contributed by atoms with van der Waals surface area (Å²) in [5.74, 6) is -0.210. The number of rotatable bonds is 5. The van der Waals surface area contributed by atoms with E-state index in [1.807, 2.05) is 43.3 Å². The topological polar surface area (TPSA) is 42.1 Å². The monoisotopic (exact) mass is 273 g/mol. The predicted octanol–water partition coefficient (Wildman–Crippen LogP) is 3.27. The molecule has 20 heavy (non-hydrogen) atoms. The molecule has 0 radical (unpaired) electrons. The minimum atomic E-state index is -0.210. The summed E-state index contributed by atoms with van der Waals surface area (Å²) in [6.45, 7) is 2.68. The third-order valence-corrected chi connectivity index (χ3v) is 3.34. The van der Waals surface area contributed by atoms with Crippen molar-refractivity contribution in [3.8, 4) is 0 Å². The van der Waals surface area contributed by atoms with E-state index in [-0.39, 0.29) is 11.9 Å². The molecular weight excluding hydrogens is 253 g/mol. The van der Waals surface area contributed by atoms with Gasteiger partial charge in [0, 0.05) is 19.6 Å². The molecule has 0 aliphatic heterocycles. The summed E-state index contributed by atoms with van der Waals surface area (Å²) < 4.78 is 13.2. The van der Waals surface area contributed by atoms with Crippen LogP contribution in [0.1, 0.15) is 30.6 Å². The van der Waals surface area contributed by atoms with E-state index in [4.69, 9.17) is 5.73 Å². The number of nitrogens with two attached hydrogens (primary N) is 1. The van der Waals surface area contributed by atoms with Crippen LogP contribution < -0.4 is 10.6 Å². The second-order valence-corrected chi connectivity index (χ2v) is 4.94. The van der Waals surface area contributed by atoms with E-state index in [0.29, 0.717) is 6.54 Å². The molecule has 0 bridgehead atoms. The molecule has 0 fully saturated rings. The molecule has 1 atom stereocenters.